The van der Waals surface area contributed by atoms with Gasteiger partial charge in [0, 0.05) is 37.7 Å². The highest BCUT2D eigenvalue weighted by atomic mass is 16.7. The fourth-order valence-electron chi connectivity index (χ4n) is 8.26. The van der Waals surface area contributed by atoms with E-state index in [0.29, 0.717) is 16.7 Å². The summed E-state index contributed by atoms with van der Waals surface area (Å²) in [6, 6.07) is 15.4. The third kappa shape index (κ3) is 9.03. The van der Waals surface area contributed by atoms with Gasteiger partial charge in [-0.2, -0.15) is 0 Å². The molecular formula is C43H51NO13. The Morgan fingerprint density at radius 3 is 2.12 bits per heavy atom. The number of fused-ring (bicyclic) bond motifs is 3. The third-order valence-corrected chi connectivity index (χ3v) is 11.7. The van der Waals surface area contributed by atoms with Crippen LogP contribution in [0.3, 0.4) is 0 Å². The Morgan fingerprint density at radius 1 is 0.912 bits per heavy atom. The number of benzene rings is 2. The van der Waals surface area contributed by atoms with Gasteiger partial charge >= 0.3 is 23.9 Å². The van der Waals surface area contributed by atoms with Crippen LogP contribution in [0.5, 0.6) is 0 Å². The summed E-state index contributed by atoms with van der Waals surface area (Å²) in [5.74, 6) is -7.04. The van der Waals surface area contributed by atoms with Crippen molar-refractivity contribution in [3.63, 3.8) is 0 Å². The SMILES string of the molecule is C/C=C(\C)C(=O)NC(c1ccccc1)[C@@H](O)C(=O)O[C@H]1CC2[C@@H](OC(=O)c3ccccc3)[C@@H]3COC(OC(C)=O)CC(O)C3(C)C(=O)C(OC(C)=O)C(=C1C)[C@@H]2C. The molecule has 14 heteroatoms. The van der Waals surface area contributed by atoms with E-state index in [1.807, 2.05) is 0 Å². The van der Waals surface area contributed by atoms with Crippen LogP contribution >= 0.6 is 0 Å². The summed E-state index contributed by atoms with van der Waals surface area (Å²) in [6.45, 7) is 10.2. The minimum Gasteiger partial charge on any atom is -0.458 e. The van der Waals surface area contributed by atoms with Crippen molar-refractivity contribution in [3.05, 3.63) is 94.6 Å². The number of Topliss-reactive ketones (excluding diaryl/α,β-unsaturated/α-hetero) is 1. The molecule has 6 unspecified atom stereocenters. The lowest BCUT2D eigenvalue weighted by Crippen LogP contribution is -2.61. The normalized spacial score (nSPS) is 29.9. The average Bonchev–Trinajstić information content (AvgIpc) is 3.30. The Kier molecular flexibility index (Phi) is 13.5. The van der Waals surface area contributed by atoms with Crippen LogP contribution in [0.25, 0.3) is 0 Å². The van der Waals surface area contributed by atoms with Crippen molar-refractivity contribution >= 4 is 35.6 Å². The molecule has 1 amide bonds. The number of hydrogen-bond acceptors (Lipinski definition) is 13. The fourth-order valence-corrected chi connectivity index (χ4v) is 8.26. The van der Waals surface area contributed by atoms with E-state index in [2.05, 4.69) is 5.32 Å². The molecule has 0 aromatic heterocycles. The van der Waals surface area contributed by atoms with E-state index < -0.39 is 102 Å². The van der Waals surface area contributed by atoms with E-state index in [1.54, 1.807) is 94.4 Å². The number of carbonyl (C=O) groups is 6. The lowest BCUT2D eigenvalue weighted by molar-refractivity contribution is -0.182. The molecule has 1 saturated heterocycles. The zero-order valence-electron chi connectivity index (χ0n) is 33.1. The van der Waals surface area contributed by atoms with Crippen LogP contribution in [0.4, 0.5) is 0 Å². The van der Waals surface area contributed by atoms with Crippen LogP contribution in [-0.2, 0) is 47.7 Å². The van der Waals surface area contributed by atoms with Crippen LogP contribution in [0.1, 0.15) is 83.3 Å². The number of aliphatic hydroxyl groups is 2. The number of esters is 4. The molecule has 3 aliphatic rings. The highest BCUT2D eigenvalue weighted by Gasteiger charge is 2.62. The van der Waals surface area contributed by atoms with E-state index in [9.17, 15) is 34.2 Å². The predicted octanol–water partition coefficient (Wildman–Crippen LogP) is 4.09. The molecule has 2 aromatic rings. The number of carbonyl (C=O) groups excluding carboxylic acids is 6. The molecular weight excluding hydrogens is 738 g/mol. The number of ketones is 1. The van der Waals surface area contributed by atoms with Gasteiger partial charge in [-0.1, -0.05) is 61.5 Å². The monoisotopic (exact) mass is 789 g/mol. The molecule has 3 N–H and O–H groups in total. The summed E-state index contributed by atoms with van der Waals surface area (Å²) >= 11 is 0. The minimum absolute atomic E-state index is 0.00122. The number of rotatable bonds is 10. The maximum Gasteiger partial charge on any atom is 0.338 e. The first-order chi connectivity index (χ1) is 27.0. The summed E-state index contributed by atoms with van der Waals surface area (Å²) in [5.41, 5.74) is -0.159. The maximum atomic E-state index is 15.1. The van der Waals surface area contributed by atoms with Crippen LogP contribution in [-0.4, -0.2) is 89.2 Å². The Bertz CT molecular complexity index is 1910. The van der Waals surface area contributed by atoms with Crippen molar-refractivity contribution in [2.75, 3.05) is 6.61 Å². The molecule has 0 spiro atoms. The van der Waals surface area contributed by atoms with Gasteiger partial charge in [0.05, 0.1) is 29.7 Å². The van der Waals surface area contributed by atoms with Crippen LogP contribution in [0.2, 0.25) is 0 Å². The van der Waals surface area contributed by atoms with Gasteiger partial charge in [0.15, 0.2) is 18.0 Å². The van der Waals surface area contributed by atoms with Gasteiger partial charge < -0.3 is 39.2 Å². The Labute approximate surface area is 331 Å². The van der Waals surface area contributed by atoms with Crippen LogP contribution in [0, 0.1) is 23.2 Å². The summed E-state index contributed by atoms with van der Waals surface area (Å²) in [6.07, 6.45) is -7.33. The molecule has 14 nitrogen and oxygen atoms in total. The Balaban J connectivity index is 1.62. The minimum atomic E-state index is -1.90. The molecule has 2 aliphatic carbocycles. The molecule has 11 atom stereocenters. The highest BCUT2D eigenvalue weighted by molar-refractivity contribution is 5.95. The van der Waals surface area contributed by atoms with Crippen molar-refractivity contribution in [1.82, 2.24) is 5.32 Å². The maximum absolute atomic E-state index is 15.1. The second kappa shape index (κ2) is 18.0. The number of aliphatic hydroxyl groups excluding tert-OH is 2. The van der Waals surface area contributed by atoms with Crippen molar-refractivity contribution < 1.29 is 62.7 Å². The van der Waals surface area contributed by atoms with Crippen LogP contribution in [0.15, 0.2) is 83.5 Å². The number of ether oxygens (including phenoxy) is 5. The van der Waals surface area contributed by atoms with Gasteiger partial charge in [-0.05, 0) is 68.9 Å². The molecule has 2 fully saturated rings. The average molecular weight is 790 g/mol. The lowest BCUT2D eigenvalue weighted by atomic mass is 9.56. The van der Waals surface area contributed by atoms with E-state index in [-0.39, 0.29) is 30.6 Å². The van der Waals surface area contributed by atoms with E-state index in [1.165, 1.54) is 13.8 Å². The van der Waals surface area contributed by atoms with Gasteiger partial charge in [-0.15, -0.1) is 0 Å². The zero-order valence-corrected chi connectivity index (χ0v) is 33.1. The van der Waals surface area contributed by atoms with Gasteiger partial charge in [0.1, 0.15) is 12.2 Å². The number of hydrogen-bond donors (Lipinski definition) is 3. The second-order valence-electron chi connectivity index (χ2n) is 15.1. The fraction of sp³-hybridized carbons (Fsp3) is 0.488. The summed E-state index contributed by atoms with van der Waals surface area (Å²) in [4.78, 5) is 80.7. The summed E-state index contributed by atoms with van der Waals surface area (Å²) in [7, 11) is 0. The molecule has 1 aliphatic heterocycles. The second-order valence-corrected chi connectivity index (χ2v) is 15.1. The van der Waals surface area contributed by atoms with E-state index >= 15 is 4.79 Å². The largest absolute Gasteiger partial charge is 0.458 e. The highest BCUT2D eigenvalue weighted by Crippen LogP contribution is 2.53. The molecule has 2 aromatic carbocycles. The van der Waals surface area contributed by atoms with Crippen molar-refractivity contribution in [2.24, 2.45) is 23.2 Å². The van der Waals surface area contributed by atoms with Gasteiger partial charge in [-0.25, -0.2) is 9.59 Å². The van der Waals surface area contributed by atoms with E-state index in [4.69, 9.17) is 23.7 Å². The van der Waals surface area contributed by atoms with Crippen molar-refractivity contribution in [1.29, 1.82) is 0 Å². The molecule has 0 radical (unpaired) electrons. The quantitative estimate of drug-likeness (QED) is 0.135. The summed E-state index contributed by atoms with van der Waals surface area (Å²) < 4.78 is 29.5. The molecule has 5 rings (SSSR count). The Morgan fingerprint density at radius 2 is 1.53 bits per heavy atom. The van der Waals surface area contributed by atoms with E-state index in [0.717, 1.165) is 6.92 Å². The van der Waals surface area contributed by atoms with Gasteiger partial charge in [0.2, 0.25) is 12.2 Å². The van der Waals surface area contributed by atoms with Gasteiger partial charge in [0.25, 0.3) is 0 Å². The first-order valence-corrected chi connectivity index (χ1v) is 19.0. The number of allylic oxidation sites excluding steroid dienone is 1. The van der Waals surface area contributed by atoms with Crippen LogP contribution < -0.4 is 5.32 Å². The third-order valence-electron chi connectivity index (χ3n) is 11.7. The predicted molar refractivity (Wildman–Crippen MR) is 203 cm³/mol. The topological polar surface area (TPSA) is 201 Å². The molecule has 57 heavy (non-hydrogen) atoms. The molecule has 2 bridgehead atoms. The first kappa shape index (κ1) is 43.0. The molecule has 1 heterocycles. The smallest absolute Gasteiger partial charge is 0.338 e. The summed E-state index contributed by atoms with van der Waals surface area (Å²) in [5, 5.41) is 26.2. The number of nitrogens with one attached hydrogen (secondary N) is 1. The molecule has 306 valence electrons. The first-order valence-electron chi connectivity index (χ1n) is 19.0. The van der Waals surface area contributed by atoms with Gasteiger partial charge in [-0.3, -0.25) is 19.2 Å². The Hall–Kier alpha value is -5.18. The standard InChI is InChI=1S/C43H51NO13/c1-8-22(2)40(50)44-35(27-15-11-9-12-16-27)36(48)42(52)56-31-19-29-23(3)34(24(31)4)38(55-26(6)46)39(49)43(7)30(21-53-33(20-32(43)47)54-25(5)45)37(29)57-41(51)28-17-13-10-14-18-28/h8-18,23,29-33,35-38,47-48H,19-21H2,1-7H3,(H,44,50)/b22-8+/t23-,29?,30+,31+,32?,33?,35?,36-,37-,38?,43?/m1/s1. The zero-order chi connectivity index (χ0) is 41.8. The molecule has 1 saturated carbocycles. The van der Waals surface area contributed by atoms with Crippen molar-refractivity contribution in [2.45, 2.75) is 104 Å². The number of amides is 1. The van der Waals surface area contributed by atoms with Crippen molar-refractivity contribution in [3.8, 4) is 0 Å². The lowest BCUT2D eigenvalue weighted by Gasteiger charge is -2.51.